The number of rotatable bonds is 8. The van der Waals surface area contributed by atoms with Crippen LogP contribution in [-0.4, -0.2) is 63.8 Å². The Kier molecular flexibility index (Phi) is 8.63. The highest BCUT2D eigenvalue weighted by Gasteiger charge is 2.27. The summed E-state index contributed by atoms with van der Waals surface area (Å²) in [6, 6.07) is 16.1. The molecule has 3 aliphatic rings. The summed E-state index contributed by atoms with van der Waals surface area (Å²) >= 11 is 0. The number of nitrogens with zero attached hydrogens (tertiary/aromatic N) is 4. The molecule has 2 aliphatic heterocycles. The lowest BCUT2D eigenvalue weighted by atomic mass is 9.94. The van der Waals surface area contributed by atoms with Gasteiger partial charge in [0.25, 0.3) is 0 Å². The molecule has 0 radical (unpaired) electrons. The number of aliphatic hydroxyl groups is 1. The average Bonchev–Trinajstić information content (AvgIpc) is 3.66. The minimum Gasteiger partial charge on any atom is -0.489 e. The van der Waals surface area contributed by atoms with Crippen molar-refractivity contribution in [3.63, 3.8) is 0 Å². The standard InChI is InChI=1S/C37H41FN4O5/c1-23-20-40(21-24(2)47-23)33-15-11-28(41-16-6-9-35(41)43)17-26(33)22-46-29-12-13-30(31(38)19-29)36-39-32-18-25(37(44)45)10-14-34(32)42(36)27-7-4-3-5-8-27/h6,9-15,17-19,23-24,27,35,43H,3-5,7-8,16,20-22H2,1-2H3,(H,44,45)/t23-,24+,35?. The number of aliphatic hydroxyl groups excluding tert-OH is 1. The molecule has 9 nitrogen and oxygen atoms in total. The van der Waals surface area contributed by atoms with E-state index in [2.05, 4.69) is 29.4 Å². The Labute approximate surface area is 273 Å². The number of carboxylic acid groups (broad SMARTS) is 1. The van der Waals surface area contributed by atoms with Gasteiger partial charge in [0.05, 0.1) is 34.4 Å². The number of ether oxygens (including phenoxy) is 2. The Morgan fingerprint density at radius 3 is 2.51 bits per heavy atom. The van der Waals surface area contributed by atoms with Crippen molar-refractivity contribution in [2.24, 2.45) is 0 Å². The van der Waals surface area contributed by atoms with E-state index in [1.165, 1.54) is 12.5 Å². The lowest BCUT2D eigenvalue weighted by molar-refractivity contribution is -0.00531. The first kappa shape index (κ1) is 31.2. The number of carbonyl (C=O) groups is 1. The number of benzene rings is 3. The maximum absolute atomic E-state index is 16.0. The Morgan fingerprint density at radius 1 is 1.02 bits per heavy atom. The zero-order valence-electron chi connectivity index (χ0n) is 26.8. The van der Waals surface area contributed by atoms with E-state index in [1.54, 1.807) is 36.4 Å². The van der Waals surface area contributed by atoms with Gasteiger partial charge in [0, 0.05) is 48.7 Å². The van der Waals surface area contributed by atoms with Crippen molar-refractivity contribution in [3.05, 3.63) is 83.7 Å². The van der Waals surface area contributed by atoms with Crippen LogP contribution in [-0.2, 0) is 11.3 Å². The SMILES string of the molecule is C[C@@H]1CN(c2ccc(N3CC=CC3O)cc2COc2ccc(-c3nc4cc(C(=O)O)ccc4n3C3CCCCC3)c(F)c2)C[C@H](C)O1. The number of anilines is 2. The largest absolute Gasteiger partial charge is 0.489 e. The van der Waals surface area contributed by atoms with Gasteiger partial charge in [-0.05, 0) is 81.3 Å². The van der Waals surface area contributed by atoms with Crippen LogP contribution in [0, 0.1) is 5.82 Å². The molecule has 1 aromatic heterocycles. The molecular weight excluding hydrogens is 599 g/mol. The average molecular weight is 641 g/mol. The molecule has 3 heterocycles. The van der Waals surface area contributed by atoms with Gasteiger partial charge in [0.1, 0.15) is 30.2 Å². The van der Waals surface area contributed by atoms with Crippen molar-refractivity contribution in [2.45, 2.75) is 77.0 Å². The second kappa shape index (κ2) is 13.0. The van der Waals surface area contributed by atoms with Gasteiger partial charge in [-0.2, -0.15) is 0 Å². The van der Waals surface area contributed by atoms with Crippen LogP contribution in [0.25, 0.3) is 22.4 Å². The number of aromatic nitrogens is 2. The molecule has 1 saturated heterocycles. The summed E-state index contributed by atoms with van der Waals surface area (Å²) in [6.07, 6.45) is 8.46. The number of hydrogen-bond donors (Lipinski definition) is 2. The molecule has 10 heteroatoms. The fraction of sp³-hybridized carbons (Fsp3) is 0.405. The highest BCUT2D eigenvalue weighted by atomic mass is 19.1. The van der Waals surface area contributed by atoms with Crippen molar-refractivity contribution < 1.29 is 28.9 Å². The molecule has 2 N–H and O–H groups in total. The van der Waals surface area contributed by atoms with Gasteiger partial charge in [-0.1, -0.05) is 25.3 Å². The minimum atomic E-state index is -1.02. The fourth-order valence-electron chi connectivity index (χ4n) is 7.37. The van der Waals surface area contributed by atoms with Gasteiger partial charge < -0.3 is 34.1 Å². The van der Waals surface area contributed by atoms with Crippen LogP contribution in [0.2, 0.25) is 0 Å². The summed E-state index contributed by atoms with van der Waals surface area (Å²) in [7, 11) is 0. The second-order valence-electron chi connectivity index (χ2n) is 13.0. The number of halogens is 1. The third kappa shape index (κ3) is 6.32. The van der Waals surface area contributed by atoms with Gasteiger partial charge in [0.15, 0.2) is 0 Å². The van der Waals surface area contributed by atoms with Crippen molar-refractivity contribution in [2.75, 3.05) is 29.4 Å². The Bertz CT molecular complexity index is 1810. The van der Waals surface area contributed by atoms with Crippen molar-refractivity contribution in [1.29, 1.82) is 0 Å². The predicted molar refractivity (Wildman–Crippen MR) is 180 cm³/mol. The maximum Gasteiger partial charge on any atom is 0.335 e. The first-order valence-electron chi connectivity index (χ1n) is 16.6. The summed E-state index contributed by atoms with van der Waals surface area (Å²) in [5, 5.41) is 20.0. The number of fused-ring (bicyclic) bond motifs is 1. The van der Waals surface area contributed by atoms with E-state index in [1.807, 2.05) is 23.1 Å². The van der Waals surface area contributed by atoms with E-state index in [-0.39, 0.29) is 30.4 Å². The number of aromatic carboxylic acids is 1. The van der Waals surface area contributed by atoms with Crippen LogP contribution in [0.4, 0.5) is 15.8 Å². The quantitative estimate of drug-likeness (QED) is 0.200. The summed E-state index contributed by atoms with van der Waals surface area (Å²) in [6.45, 7) is 6.43. The highest BCUT2D eigenvalue weighted by molar-refractivity contribution is 5.93. The second-order valence-corrected chi connectivity index (χ2v) is 13.0. The first-order chi connectivity index (χ1) is 22.7. The van der Waals surface area contributed by atoms with Gasteiger partial charge in [0.2, 0.25) is 0 Å². The minimum absolute atomic E-state index is 0.0759. The van der Waals surface area contributed by atoms with E-state index >= 15 is 4.39 Å². The Morgan fingerprint density at radius 2 is 1.81 bits per heavy atom. The van der Waals surface area contributed by atoms with E-state index in [4.69, 9.17) is 14.5 Å². The number of carboxylic acids is 1. The van der Waals surface area contributed by atoms with Gasteiger partial charge in [-0.3, -0.25) is 0 Å². The summed E-state index contributed by atoms with van der Waals surface area (Å²) < 4.78 is 30.3. The normalized spacial score (nSPS) is 21.9. The molecule has 246 valence electrons. The van der Waals surface area contributed by atoms with E-state index in [9.17, 15) is 15.0 Å². The molecule has 1 saturated carbocycles. The van der Waals surface area contributed by atoms with E-state index in [0.717, 1.165) is 61.2 Å². The Balaban J connectivity index is 1.19. The van der Waals surface area contributed by atoms with Gasteiger partial charge in [-0.15, -0.1) is 0 Å². The zero-order valence-corrected chi connectivity index (χ0v) is 26.8. The molecule has 3 atom stereocenters. The molecule has 7 rings (SSSR count). The Hall–Kier alpha value is -4.41. The van der Waals surface area contributed by atoms with Crippen LogP contribution in [0.15, 0.2) is 66.7 Å². The number of imidazole rings is 1. The maximum atomic E-state index is 16.0. The van der Waals surface area contributed by atoms with Gasteiger partial charge in [-0.25, -0.2) is 14.2 Å². The molecule has 1 unspecified atom stereocenters. The van der Waals surface area contributed by atoms with E-state index in [0.29, 0.717) is 29.2 Å². The lowest BCUT2D eigenvalue weighted by Crippen LogP contribution is -2.46. The molecule has 0 amide bonds. The van der Waals surface area contributed by atoms with Crippen LogP contribution >= 0.6 is 0 Å². The lowest BCUT2D eigenvalue weighted by Gasteiger charge is -2.38. The smallest absolute Gasteiger partial charge is 0.335 e. The summed E-state index contributed by atoms with van der Waals surface area (Å²) in [5.41, 5.74) is 4.70. The third-order valence-corrected chi connectivity index (χ3v) is 9.54. The third-order valence-electron chi connectivity index (χ3n) is 9.54. The van der Waals surface area contributed by atoms with Crippen molar-refractivity contribution in [1.82, 2.24) is 9.55 Å². The van der Waals surface area contributed by atoms with Crippen LogP contribution in [0.1, 0.15) is 67.9 Å². The predicted octanol–water partition coefficient (Wildman–Crippen LogP) is 6.93. The number of morpholine rings is 1. The molecule has 0 bridgehead atoms. The van der Waals surface area contributed by atoms with Gasteiger partial charge >= 0.3 is 5.97 Å². The summed E-state index contributed by atoms with van der Waals surface area (Å²) in [4.78, 5) is 20.7. The molecule has 1 aliphatic carbocycles. The first-order valence-corrected chi connectivity index (χ1v) is 16.6. The molecule has 3 aromatic carbocycles. The van der Waals surface area contributed by atoms with E-state index < -0.39 is 18.0 Å². The fourth-order valence-corrected chi connectivity index (χ4v) is 7.37. The zero-order chi connectivity index (χ0) is 32.7. The van der Waals surface area contributed by atoms with Crippen LogP contribution < -0.4 is 14.5 Å². The summed E-state index contributed by atoms with van der Waals surface area (Å²) in [5.74, 6) is -0.582. The molecule has 0 spiro atoms. The number of hydrogen-bond acceptors (Lipinski definition) is 7. The van der Waals surface area contributed by atoms with Crippen molar-refractivity contribution in [3.8, 4) is 17.1 Å². The molecule has 4 aromatic rings. The topological polar surface area (TPSA) is 100 Å². The molecule has 2 fully saturated rings. The monoisotopic (exact) mass is 640 g/mol. The van der Waals surface area contributed by atoms with Crippen molar-refractivity contribution >= 4 is 28.4 Å². The van der Waals surface area contributed by atoms with Crippen LogP contribution in [0.5, 0.6) is 5.75 Å². The van der Waals surface area contributed by atoms with Crippen LogP contribution in [0.3, 0.4) is 0 Å². The molecular formula is C37H41FN4O5. The highest BCUT2D eigenvalue weighted by Crippen LogP contribution is 2.38. The molecule has 47 heavy (non-hydrogen) atoms.